The van der Waals surface area contributed by atoms with Gasteiger partial charge in [-0.2, -0.15) is 0 Å². The molecule has 10 heteroatoms. The highest BCUT2D eigenvalue weighted by atomic mass is 35.5. The highest BCUT2D eigenvalue weighted by Gasteiger charge is 2.18. The third kappa shape index (κ3) is 7.16. The Morgan fingerprint density at radius 1 is 0.923 bits per heavy atom. The minimum atomic E-state index is -3.93. The molecule has 208 valence electrons. The Hall–Kier alpha value is -3.43. The topological polar surface area (TPSA) is 106 Å². The molecular formula is C29H36ClN5O3S. The number of hydrogen-bond donors (Lipinski definition) is 2. The number of nitrogens with zero attached hydrogens (tertiary/aromatic N) is 3. The number of rotatable bonds is 10. The zero-order chi connectivity index (χ0) is 27.3. The normalized spacial score (nSPS) is 11.3. The Labute approximate surface area is 236 Å². The SMILES string of the molecule is CCCCc1ccc(S(=O)(=O)NC(=O)NCCc2ccc(-n3c(CC)nc4c(C)cc(C)nc43)cc2)cc1.Cl. The van der Waals surface area contributed by atoms with Crippen molar-refractivity contribution in [3.05, 3.63) is 82.8 Å². The number of benzene rings is 2. The van der Waals surface area contributed by atoms with Gasteiger partial charge in [0.1, 0.15) is 11.3 Å². The number of carbonyl (C=O) groups is 1. The summed E-state index contributed by atoms with van der Waals surface area (Å²) in [7, 11) is -3.93. The molecule has 4 rings (SSSR count). The van der Waals surface area contributed by atoms with Crippen LogP contribution in [0.4, 0.5) is 4.79 Å². The van der Waals surface area contributed by atoms with Crippen molar-refractivity contribution in [2.45, 2.75) is 64.7 Å². The quantitative estimate of drug-likeness (QED) is 0.259. The van der Waals surface area contributed by atoms with Crippen LogP contribution in [0, 0.1) is 13.8 Å². The van der Waals surface area contributed by atoms with E-state index in [9.17, 15) is 13.2 Å². The summed E-state index contributed by atoms with van der Waals surface area (Å²) in [4.78, 5) is 21.9. The molecule has 8 nitrogen and oxygen atoms in total. The Morgan fingerprint density at radius 3 is 2.21 bits per heavy atom. The molecule has 0 aliphatic rings. The number of fused-ring (bicyclic) bond motifs is 1. The summed E-state index contributed by atoms with van der Waals surface area (Å²) in [5.41, 5.74) is 6.88. The maximum atomic E-state index is 12.6. The average Bonchev–Trinajstić information content (AvgIpc) is 3.26. The summed E-state index contributed by atoms with van der Waals surface area (Å²) >= 11 is 0. The van der Waals surface area contributed by atoms with Crippen LogP contribution in [-0.2, 0) is 29.3 Å². The summed E-state index contributed by atoms with van der Waals surface area (Å²) in [6.45, 7) is 8.52. The summed E-state index contributed by atoms with van der Waals surface area (Å²) in [6, 6.07) is 16.0. The number of halogens is 1. The molecule has 0 unspecified atom stereocenters. The van der Waals surface area contributed by atoms with Gasteiger partial charge in [-0.3, -0.25) is 4.57 Å². The molecule has 0 saturated heterocycles. The Morgan fingerprint density at radius 2 is 1.56 bits per heavy atom. The predicted molar refractivity (Wildman–Crippen MR) is 157 cm³/mol. The molecule has 4 aromatic rings. The first-order valence-electron chi connectivity index (χ1n) is 13.1. The maximum absolute atomic E-state index is 12.6. The lowest BCUT2D eigenvalue weighted by atomic mass is 10.1. The number of unbranched alkanes of at least 4 members (excludes halogenated alkanes) is 1. The van der Waals surface area contributed by atoms with Crippen LogP contribution in [0.3, 0.4) is 0 Å². The summed E-state index contributed by atoms with van der Waals surface area (Å²) in [6.07, 6.45) is 4.36. The van der Waals surface area contributed by atoms with Gasteiger partial charge in [0.2, 0.25) is 0 Å². The highest BCUT2D eigenvalue weighted by molar-refractivity contribution is 7.90. The van der Waals surface area contributed by atoms with Gasteiger partial charge in [-0.05, 0) is 80.1 Å². The van der Waals surface area contributed by atoms with E-state index in [1.807, 2.05) is 37.3 Å². The number of nitrogens with one attached hydrogen (secondary N) is 2. The lowest BCUT2D eigenvalue weighted by Crippen LogP contribution is -2.40. The molecule has 2 aromatic heterocycles. The van der Waals surface area contributed by atoms with Gasteiger partial charge in [-0.25, -0.2) is 27.9 Å². The second-order valence-corrected chi connectivity index (χ2v) is 11.2. The number of aryl methyl sites for hydroxylation is 4. The van der Waals surface area contributed by atoms with E-state index in [0.29, 0.717) is 13.0 Å². The van der Waals surface area contributed by atoms with Crippen molar-refractivity contribution in [3.63, 3.8) is 0 Å². The van der Waals surface area contributed by atoms with Gasteiger partial charge in [0.05, 0.1) is 4.90 Å². The van der Waals surface area contributed by atoms with Gasteiger partial charge >= 0.3 is 6.03 Å². The average molecular weight is 570 g/mol. The van der Waals surface area contributed by atoms with E-state index < -0.39 is 16.1 Å². The Bertz CT molecular complexity index is 1530. The van der Waals surface area contributed by atoms with Crippen LogP contribution < -0.4 is 10.0 Å². The van der Waals surface area contributed by atoms with E-state index >= 15 is 0 Å². The van der Waals surface area contributed by atoms with Gasteiger partial charge < -0.3 is 5.32 Å². The maximum Gasteiger partial charge on any atom is 0.328 e. The minimum absolute atomic E-state index is 0. The lowest BCUT2D eigenvalue weighted by Gasteiger charge is -2.11. The fourth-order valence-electron chi connectivity index (χ4n) is 4.48. The highest BCUT2D eigenvalue weighted by Crippen LogP contribution is 2.24. The molecule has 0 saturated carbocycles. The van der Waals surface area contributed by atoms with Crippen molar-refractivity contribution < 1.29 is 13.2 Å². The molecule has 0 fully saturated rings. The van der Waals surface area contributed by atoms with Crippen molar-refractivity contribution >= 4 is 39.6 Å². The van der Waals surface area contributed by atoms with Crippen LogP contribution >= 0.6 is 12.4 Å². The molecule has 2 heterocycles. The zero-order valence-electron chi connectivity index (χ0n) is 22.8. The van der Waals surface area contributed by atoms with Crippen molar-refractivity contribution in [3.8, 4) is 5.69 Å². The Balaban J connectivity index is 0.00000420. The number of sulfonamides is 1. The monoisotopic (exact) mass is 569 g/mol. The van der Waals surface area contributed by atoms with E-state index in [1.54, 1.807) is 12.1 Å². The molecule has 2 N–H and O–H groups in total. The van der Waals surface area contributed by atoms with Gasteiger partial charge in [0, 0.05) is 24.3 Å². The predicted octanol–water partition coefficient (Wildman–Crippen LogP) is 5.59. The van der Waals surface area contributed by atoms with E-state index in [1.165, 1.54) is 12.1 Å². The number of hydrogen-bond acceptors (Lipinski definition) is 5. The number of aromatic nitrogens is 3. The number of carbonyl (C=O) groups excluding carboxylic acids is 1. The fourth-order valence-corrected chi connectivity index (χ4v) is 5.41. The fraction of sp³-hybridized carbons (Fsp3) is 0.345. The molecule has 0 atom stereocenters. The van der Waals surface area contributed by atoms with E-state index in [0.717, 1.165) is 70.7 Å². The standard InChI is InChI=1S/C29H35N5O3S.ClH/c1-5-7-8-22-11-15-25(16-12-22)38(36,37)33-29(35)30-18-17-23-9-13-24(14-10-23)34-26(6-2)32-27-20(3)19-21(4)31-28(27)34;/h9-16,19H,5-8,17-18H2,1-4H3,(H2,30,33,35);1H. The molecular weight excluding hydrogens is 534 g/mol. The molecule has 0 aliphatic carbocycles. The summed E-state index contributed by atoms with van der Waals surface area (Å²) in [5.74, 6) is 0.948. The molecule has 2 aromatic carbocycles. The molecule has 0 radical (unpaired) electrons. The van der Waals surface area contributed by atoms with Crippen molar-refractivity contribution in [2.24, 2.45) is 0 Å². The largest absolute Gasteiger partial charge is 0.337 e. The third-order valence-corrected chi connectivity index (χ3v) is 7.84. The second-order valence-electron chi connectivity index (χ2n) is 9.50. The van der Waals surface area contributed by atoms with Gasteiger partial charge in [-0.15, -0.1) is 12.4 Å². The number of pyridine rings is 1. The summed E-state index contributed by atoms with van der Waals surface area (Å²) < 4.78 is 29.3. The molecule has 2 amide bonds. The minimum Gasteiger partial charge on any atom is -0.337 e. The van der Waals surface area contributed by atoms with Crippen LogP contribution in [0.25, 0.3) is 16.9 Å². The molecule has 0 spiro atoms. The van der Waals surface area contributed by atoms with Crippen LogP contribution in [0.1, 0.15) is 54.9 Å². The number of amides is 2. The van der Waals surface area contributed by atoms with Gasteiger partial charge in [0.15, 0.2) is 5.65 Å². The first-order valence-corrected chi connectivity index (χ1v) is 14.5. The van der Waals surface area contributed by atoms with Crippen molar-refractivity contribution in [1.82, 2.24) is 24.6 Å². The number of urea groups is 1. The first-order chi connectivity index (χ1) is 18.2. The summed E-state index contributed by atoms with van der Waals surface area (Å²) in [5, 5.41) is 2.64. The van der Waals surface area contributed by atoms with Crippen molar-refractivity contribution in [1.29, 1.82) is 0 Å². The van der Waals surface area contributed by atoms with Gasteiger partial charge in [-0.1, -0.05) is 44.5 Å². The smallest absolute Gasteiger partial charge is 0.328 e. The zero-order valence-corrected chi connectivity index (χ0v) is 24.5. The molecule has 39 heavy (non-hydrogen) atoms. The molecule has 0 aliphatic heterocycles. The van der Waals surface area contributed by atoms with Gasteiger partial charge in [0.25, 0.3) is 10.0 Å². The van der Waals surface area contributed by atoms with Crippen LogP contribution in [0.2, 0.25) is 0 Å². The van der Waals surface area contributed by atoms with E-state index in [2.05, 4.69) is 35.4 Å². The Kier molecular flexibility index (Phi) is 10.1. The first kappa shape index (κ1) is 30.1. The second kappa shape index (κ2) is 13.1. The lowest BCUT2D eigenvalue weighted by molar-refractivity contribution is 0.246. The number of imidazole rings is 1. The van der Waals surface area contributed by atoms with Crippen LogP contribution in [0.15, 0.2) is 59.5 Å². The van der Waals surface area contributed by atoms with E-state index in [4.69, 9.17) is 9.97 Å². The van der Waals surface area contributed by atoms with Crippen LogP contribution in [-0.4, -0.2) is 35.5 Å². The van der Waals surface area contributed by atoms with E-state index in [-0.39, 0.29) is 17.3 Å². The molecule has 0 bridgehead atoms. The third-order valence-electron chi connectivity index (χ3n) is 6.49. The van der Waals surface area contributed by atoms with Crippen molar-refractivity contribution in [2.75, 3.05) is 6.54 Å². The van der Waals surface area contributed by atoms with Crippen LogP contribution in [0.5, 0.6) is 0 Å².